The quantitative estimate of drug-likeness (QED) is 0.620. The van der Waals surface area contributed by atoms with Gasteiger partial charge in [0.2, 0.25) is 5.91 Å². The van der Waals surface area contributed by atoms with Crippen molar-refractivity contribution < 1.29 is 4.79 Å². The zero-order chi connectivity index (χ0) is 11.4. The molecule has 0 spiro atoms. The van der Waals surface area contributed by atoms with Gasteiger partial charge in [-0.3, -0.25) is 9.69 Å². The van der Waals surface area contributed by atoms with Crippen molar-refractivity contribution in [2.75, 3.05) is 33.2 Å². The van der Waals surface area contributed by atoms with E-state index in [0.29, 0.717) is 12.6 Å². The van der Waals surface area contributed by atoms with Crippen LogP contribution < -0.4 is 11.5 Å². The maximum Gasteiger partial charge on any atom is 0.235 e. The molecule has 1 saturated heterocycles. The van der Waals surface area contributed by atoms with E-state index in [-0.39, 0.29) is 0 Å². The fraction of sp³-hybridized carbons (Fsp3) is 0.900. The van der Waals surface area contributed by atoms with E-state index in [1.165, 1.54) is 0 Å². The molecule has 5 heteroatoms. The molecule has 0 aromatic rings. The Morgan fingerprint density at radius 1 is 1.53 bits per heavy atom. The highest BCUT2D eigenvalue weighted by Gasteiger charge is 2.22. The molecule has 1 aliphatic rings. The van der Waals surface area contributed by atoms with Gasteiger partial charge in [0.15, 0.2) is 0 Å². The van der Waals surface area contributed by atoms with Crippen LogP contribution in [0.15, 0.2) is 0 Å². The monoisotopic (exact) mass is 214 g/mol. The summed E-state index contributed by atoms with van der Waals surface area (Å²) in [6, 6.07) is -0.112. The molecule has 0 saturated carbocycles. The summed E-state index contributed by atoms with van der Waals surface area (Å²) in [7, 11) is 2.12. The normalized spacial score (nSPS) is 27.3. The number of nitrogens with zero attached hydrogens (tertiary/aromatic N) is 2. The molecular weight excluding hydrogens is 192 g/mol. The van der Waals surface area contributed by atoms with Crippen LogP contribution in [0.3, 0.4) is 0 Å². The van der Waals surface area contributed by atoms with E-state index in [1.807, 2.05) is 0 Å². The first-order valence-electron chi connectivity index (χ1n) is 5.48. The van der Waals surface area contributed by atoms with Gasteiger partial charge in [-0.2, -0.15) is 0 Å². The lowest BCUT2D eigenvalue weighted by Gasteiger charge is -2.29. The Hall–Kier alpha value is -0.650. The van der Waals surface area contributed by atoms with Crippen LogP contribution in [0.5, 0.6) is 0 Å². The standard InChI is InChI=1S/C10H22N4O/c1-8-6-13(2)4-3-5-14(8)7-9(11)10(12)15/h8-9H,3-7,11H2,1-2H3,(H2,12,15). The summed E-state index contributed by atoms with van der Waals surface area (Å²) >= 11 is 0. The van der Waals surface area contributed by atoms with Crippen molar-refractivity contribution in [2.45, 2.75) is 25.4 Å². The predicted octanol–water partition coefficient (Wildman–Crippen LogP) is -1.17. The summed E-state index contributed by atoms with van der Waals surface area (Å²) in [6.07, 6.45) is 1.12. The third-order valence-corrected chi connectivity index (χ3v) is 2.98. The molecule has 4 N–H and O–H groups in total. The molecule has 2 atom stereocenters. The lowest BCUT2D eigenvalue weighted by Crippen LogP contribution is -2.49. The van der Waals surface area contributed by atoms with Crippen LogP contribution in [0.25, 0.3) is 0 Å². The van der Waals surface area contributed by atoms with Crippen molar-refractivity contribution in [1.29, 1.82) is 0 Å². The summed E-state index contributed by atoms with van der Waals surface area (Å²) in [5.41, 5.74) is 10.8. The van der Waals surface area contributed by atoms with Crippen molar-refractivity contribution >= 4 is 5.91 Å². The molecule has 1 heterocycles. The minimum absolute atomic E-state index is 0.417. The topological polar surface area (TPSA) is 75.6 Å². The summed E-state index contributed by atoms with van der Waals surface area (Å²) in [5, 5.41) is 0. The van der Waals surface area contributed by atoms with Crippen LogP contribution in [0, 0.1) is 0 Å². The molecule has 0 radical (unpaired) electrons. The average molecular weight is 214 g/mol. The van der Waals surface area contributed by atoms with Crippen LogP contribution >= 0.6 is 0 Å². The van der Waals surface area contributed by atoms with Gasteiger partial charge in [0.25, 0.3) is 0 Å². The number of carbonyl (C=O) groups is 1. The first kappa shape index (κ1) is 12.4. The SMILES string of the molecule is CC1CN(C)CCCN1CC(N)C(N)=O. The van der Waals surface area contributed by atoms with Gasteiger partial charge in [-0.15, -0.1) is 0 Å². The number of hydrogen-bond acceptors (Lipinski definition) is 4. The van der Waals surface area contributed by atoms with E-state index >= 15 is 0 Å². The molecule has 2 unspecified atom stereocenters. The molecule has 1 aliphatic heterocycles. The molecule has 15 heavy (non-hydrogen) atoms. The van der Waals surface area contributed by atoms with Crippen LogP contribution in [-0.4, -0.2) is 61.0 Å². The van der Waals surface area contributed by atoms with Crippen LogP contribution in [0.1, 0.15) is 13.3 Å². The highest BCUT2D eigenvalue weighted by Crippen LogP contribution is 2.08. The highest BCUT2D eigenvalue weighted by atomic mass is 16.1. The van der Waals surface area contributed by atoms with Crippen LogP contribution in [0.4, 0.5) is 0 Å². The summed E-state index contributed by atoms with van der Waals surface area (Å²) in [4.78, 5) is 15.4. The molecule has 0 aromatic carbocycles. The second kappa shape index (κ2) is 5.44. The highest BCUT2D eigenvalue weighted by molar-refractivity contribution is 5.79. The summed E-state index contributed by atoms with van der Waals surface area (Å²) < 4.78 is 0. The molecule has 5 nitrogen and oxygen atoms in total. The van der Waals surface area contributed by atoms with Crippen molar-refractivity contribution in [3.05, 3.63) is 0 Å². The molecular formula is C10H22N4O. The summed E-state index contributed by atoms with van der Waals surface area (Å²) in [5.74, 6) is -0.417. The molecule has 1 rings (SSSR count). The molecule has 0 bridgehead atoms. The van der Waals surface area contributed by atoms with Crippen molar-refractivity contribution in [3.8, 4) is 0 Å². The van der Waals surface area contributed by atoms with Gasteiger partial charge < -0.3 is 16.4 Å². The number of hydrogen-bond donors (Lipinski definition) is 2. The van der Waals surface area contributed by atoms with E-state index in [4.69, 9.17) is 11.5 Å². The lowest BCUT2D eigenvalue weighted by atomic mass is 10.2. The molecule has 1 fully saturated rings. The maximum atomic E-state index is 10.9. The number of nitrogens with two attached hydrogens (primary N) is 2. The number of carbonyl (C=O) groups excluding carboxylic acids is 1. The Labute approximate surface area is 91.4 Å². The first-order valence-corrected chi connectivity index (χ1v) is 5.48. The number of likely N-dealkylation sites (N-methyl/N-ethyl adjacent to an activating group) is 1. The van der Waals surface area contributed by atoms with Crippen LogP contribution in [-0.2, 0) is 4.79 Å². The van der Waals surface area contributed by atoms with E-state index in [1.54, 1.807) is 0 Å². The smallest absolute Gasteiger partial charge is 0.235 e. The number of rotatable bonds is 3. The van der Waals surface area contributed by atoms with Crippen molar-refractivity contribution in [1.82, 2.24) is 9.80 Å². The van der Waals surface area contributed by atoms with E-state index in [2.05, 4.69) is 23.8 Å². The summed E-state index contributed by atoms with van der Waals surface area (Å²) in [6.45, 7) is 5.85. The van der Waals surface area contributed by atoms with Crippen molar-refractivity contribution in [2.24, 2.45) is 11.5 Å². The molecule has 0 aliphatic carbocycles. The van der Waals surface area contributed by atoms with E-state index in [0.717, 1.165) is 26.1 Å². The van der Waals surface area contributed by atoms with E-state index in [9.17, 15) is 4.79 Å². The van der Waals surface area contributed by atoms with Gasteiger partial charge >= 0.3 is 0 Å². The number of primary amides is 1. The second-order valence-corrected chi connectivity index (χ2v) is 4.47. The van der Waals surface area contributed by atoms with Gasteiger partial charge in [-0.1, -0.05) is 0 Å². The Kier molecular flexibility index (Phi) is 4.50. The minimum atomic E-state index is -0.546. The zero-order valence-corrected chi connectivity index (χ0v) is 9.65. The van der Waals surface area contributed by atoms with Gasteiger partial charge in [0, 0.05) is 19.1 Å². The lowest BCUT2D eigenvalue weighted by molar-refractivity contribution is -0.119. The van der Waals surface area contributed by atoms with E-state index < -0.39 is 11.9 Å². The third kappa shape index (κ3) is 3.77. The predicted molar refractivity (Wildman–Crippen MR) is 60.3 cm³/mol. The van der Waals surface area contributed by atoms with Crippen molar-refractivity contribution in [3.63, 3.8) is 0 Å². The Bertz CT molecular complexity index is 221. The maximum absolute atomic E-state index is 10.9. The average Bonchev–Trinajstić information content (AvgIpc) is 2.28. The Morgan fingerprint density at radius 2 is 2.20 bits per heavy atom. The Morgan fingerprint density at radius 3 is 2.80 bits per heavy atom. The number of amides is 1. The minimum Gasteiger partial charge on any atom is -0.368 e. The molecule has 88 valence electrons. The molecule has 0 aromatic heterocycles. The van der Waals surface area contributed by atoms with Gasteiger partial charge in [-0.25, -0.2) is 0 Å². The van der Waals surface area contributed by atoms with Gasteiger partial charge in [0.1, 0.15) is 0 Å². The molecule has 1 amide bonds. The largest absolute Gasteiger partial charge is 0.368 e. The Balaban J connectivity index is 2.49. The van der Waals surface area contributed by atoms with Gasteiger partial charge in [-0.05, 0) is 33.5 Å². The second-order valence-electron chi connectivity index (χ2n) is 4.47. The fourth-order valence-corrected chi connectivity index (χ4v) is 2.04. The third-order valence-electron chi connectivity index (χ3n) is 2.98. The van der Waals surface area contributed by atoms with Crippen LogP contribution in [0.2, 0.25) is 0 Å². The fourth-order valence-electron chi connectivity index (χ4n) is 2.04. The first-order chi connectivity index (χ1) is 7.00. The zero-order valence-electron chi connectivity index (χ0n) is 9.65. The van der Waals surface area contributed by atoms with Gasteiger partial charge in [0.05, 0.1) is 6.04 Å².